The molecule has 5 heteroatoms. The van der Waals surface area contributed by atoms with Crippen LogP contribution in [0, 0.1) is 13.8 Å². The molecule has 0 fully saturated rings. The largest absolute Gasteiger partial charge is 0.496 e. The summed E-state index contributed by atoms with van der Waals surface area (Å²) in [6, 6.07) is 17.1. The highest BCUT2D eigenvalue weighted by molar-refractivity contribution is 8.08. The number of aromatic nitrogens is 1. The Morgan fingerprint density at radius 2 is 1.93 bits per heavy atom. The van der Waals surface area contributed by atoms with Gasteiger partial charge in [-0.25, -0.2) is 0 Å². The molecule has 0 atom stereocenters. The standard InChI is InChI=1S/C23H22N2O2S/c1-15-10-11-20(21(13-15)27-4)23(26)25-19-8-5-7-18(14-19)17(3)28-22-9-6-12-24-16(22)2/h5-14H,3H2,1-2,4H3,(H,25,26). The van der Waals surface area contributed by atoms with Crippen molar-refractivity contribution in [1.29, 1.82) is 0 Å². The number of amides is 1. The quantitative estimate of drug-likeness (QED) is 0.547. The molecule has 0 aliphatic carbocycles. The minimum absolute atomic E-state index is 0.213. The zero-order valence-corrected chi connectivity index (χ0v) is 17.0. The van der Waals surface area contributed by atoms with Gasteiger partial charge in [0, 0.05) is 21.7 Å². The van der Waals surface area contributed by atoms with E-state index in [1.54, 1.807) is 31.1 Å². The summed E-state index contributed by atoms with van der Waals surface area (Å²) in [5.41, 5.74) is 4.15. The van der Waals surface area contributed by atoms with Crippen molar-refractivity contribution < 1.29 is 9.53 Å². The number of carbonyl (C=O) groups is 1. The van der Waals surface area contributed by atoms with Crippen molar-refractivity contribution in [3.05, 3.63) is 89.8 Å². The Bertz CT molecular complexity index is 1030. The number of hydrogen-bond donors (Lipinski definition) is 1. The molecular formula is C23H22N2O2S. The van der Waals surface area contributed by atoms with Crippen molar-refractivity contribution in [3.8, 4) is 5.75 Å². The number of pyridine rings is 1. The molecule has 0 saturated heterocycles. The van der Waals surface area contributed by atoms with Gasteiger partial charge >= 0.3 is 0 Å². The Morgan fingerprint density at radius 1 is 1.11 bits per heavy atom. The van der Waals surface area contributed by atoms with Crippen LogP contribution in [0.3, 0.4) is 0 Å². The molecule has 1 aromatic heterocycles. The maximum atomic E-state index is 12.7. The van der Waals surface area contributed by atoms with E-state index in [-0.39, 0.29) is 5.91 Å². The Balaban J connectivity index is 1.77. The summed E-state index contributed by atoms with van der Waals surface area (Å²) in [7, 11) is 1.56. The van der Waals surface area contributed by atoms with Crippen molar-refractivity contribution in [3.63, 3.8) is 0 Å². The van der Waals surface area contributed by atoms with E-state index in [1.807, 2.05) is 62.4 Å². The van der Waals surface area contributed by atoms with Crippen molar-refractivity contribution in [2.75, 3.05) is 12.4 Å². The number of hydrogen-bond acceptors (Lipinski definition) is 4. The van der Waals surface area contributed by atoms with Gasteiger partial charge in [0.15, 0.2) is 0 Å². The summed E-state index contributed by atoms with van der Waals surface area (Å²) < 4.78 is 5.34. The summed E-state index contributed by atoms with van der Waals surface area (Å²) in [6.07, 6.45) is 1.78. The summed E-state index contributed by atoms with van der Waals surface area (Å²) in [5, 5.41) is 2.94. The van der Waals surface area contributed by atoms with Crippen LogP contribution in [0.5, 0.6) is 5.75 Å². The summed E-state index contributed by atoms with van der Waals surface area (Å²) in [5.74, 6) is 0.344. The number of rotatable bonds is 6. The number of benzene rings is 2. The van der Waals surface area contributed by atoms with Gasteiger partial charge in [0.2, 0.25) is 0 Å². The second-order valence-corrected chi connectivity index (χ2v) is 7.49. The van der Waals surface area contributed by atoms with Crippen molar-refractivity contribution in [1.82, 2.24) is 4.98 Å². The highest BCUT2D eigenvalue weighted by atomic mass is 32.2. The zero-order valence-electron chi connectivity index (χ0n) is 16.2. The molecule has 0 radical (unpaired) electrons. The number of aryl methyl sites for hydroxylation is 2. The number of carbonyl (C=O) groups excluding carboxylic acids is 1. The Kier molecular flexibility index (Phi) is 6.16. The summed E-state index contributed by atoms with van der Waals surface area (Å²) in [4.78, 5) is 19.0. The number of thioether (sulfide) groups is 1. The average molecular weight is 391 g/mol. The van der Waals surface area contributed by atoms with Gasteiger partial charge < -0.3 is 10.1 Å². The monoisotopic (exact) mass is 390 g/mol. The van der Waals surface area contributed by atoms with Gasteiger partial charge in [-0.2, -0.15) is 0 Å². The number of ether oxygens (including phenoxy) is 1. The fourth-order valence-corrected chi connectivity index (χ4v) is 3.58. The lowest BCUT2D eigenvalue weighted by Crippen LogP contribution is -2.13. The first-order chi connectivity index (χ1) is 13.5. The van der Waals surface area contributed by atoms with Crippen molar-refractivity contribution in [2.45, 2.75) is 18.7 Å². The zero-order chi connectivity index (χ0) is 20.1. The van der Waals surface area contributed by atoms with E-state index >= 15 is 0 Å². The Hall–Kier alpha value is -3.05. The van der Waals surface area contributed by atoms with E-state index in [0.717, 1.165) is 26.6 Å². The lowest BCUT2D eigenvalue weighted by molar-refractivity contribution is 0.102. The van der Waals surface area contributed by atoms with Gasteiger partial charge in [0.25, 0.3) is 5.91 Å². The van der Waals surface area contributed by atoms with E-state index in [2.05, 4.69) is 16.9 Å². The third kappa shape index (κ3) is 4.61. The molecule has 2 aromatic carbocycles. The average Bonchev–Trinajstić information content (AvgIpc) is 2.69. The second-order valence-electron chi connectivity index (χ2n) is 6.35. The normalized spacial score (nSPS) is 10.4. The van der Waals surface area contributed by atoms with Crippen LogP contribution in [-0.2, 0) is 0 Å². The van der Waals surface area contributed by atoms with Crippen LogP contribution in [0.25, 0.3) is 4.91 Å². The summed E-state index contributed by atoms with van der Waals surface area (Å²) >= 11 is 1.57. The molecule has 0 saturated carbocycles. The van der Waals surface area contributed by atoms with Crippen LogP contribution in [0.15, 0.2) is 72.3 Å². The molecule has 1 heterocycles. The molecular weight excluding hydrogens is 368 g/mol. The highest BCUT2D eigenvalue weighted by Gasteiger charge is 2.13. The first-order valence-electron chi connectivity index (χ1n) is 8.82. The predicted octanol–water partition coefficient (Wildman–Crippen LogP) is 5.72. The van der Waals surface area contributed by atoms with Crippen molar-refractivity contribution >= 4 is 28.3 Å². The summed E-state index contributed by atoms with van der Waals surface area (Å²) in [6.45, 7) is 8.11. The van der Waals surface area contributed by atoms with Crippen LogP contribution in [0.2, 0.25) is 0 Å². The molecule has 3 rings (SSSR count). The third-order valence-electron chi connectivity index (χ3n) is 4.24. The Morgan fingerprint density at radius 3 is 2.68 bits per heavy atom. The molecule has 3 aromatic rings. The van der Waals surface area contributed by atoms with E-state index in [9.17, 15) is 4.79 Å². The smallest absolute Gasteiger partial charge is 0.259 e. The van der Waals surface area contributed by atoms with Crippen LogP contribution < -0.4 is 10.1 Å². The third-order valence-corrected chi connectivity index (χ3v) is 5.37. The predicted molar refractivity (Wildman–Crippen MR) is 116 cm³/mol. The number of nitrogens with one attached hydrogen (secondary N) is 1. The molecule has 142 valence electrons. The second kappa shape index (κ2) is 8.76. The fourth-order valence-electron chi connectivity index (χ4n) is 2.72. The maximum absolute atomic E-state index is 12.7. The van der Waals surface area contributed by atoms with Crippen LogP contribution in [-0.4, -0.2) is 18.0 Å². The molecule has 1 amide bonds. The van der Waals surface area contributed by atoms with Gasteiger partial charge in [0.1, 0.15) is 5.75 Å². The molecule has 0 aliphatic rings. The lowest BCUT2D eigenvalue weighted by atomic mass is 10.1. The maximum Gasteiger partial charge on any atom is 0.259 e. The van der Waals surface area contributed by atoms with Gasteiger partial charge in [-0.05, 0) is 61.4 Å². The van der Waals surface area contributed by atoms with Crippen LogP contribution in [0.4, 0.5) is 5.69 Å². The van der Waals surface area contributed by atoms with Crippen LogP contribution >= 0.6 is 11.8 Å². The first kappa shape index (κ1) is 19.7. The lowest BCUT2D eigenvalue weighted by Gasteiger charge is -2.12. The molecule has 28 heavy (non-hydrogen) atoms. The number of anilines is 1. The van der Waals surface area contributed by atoms with Gasteiger partial charge in [0.05, 0.1) is 18.4 Å². The molecule has 0 unspecified atom stereocenters. The van der Waals surface area contributed by atoms with Gasteiger partial charge in [-0.15, -0.1) is 0 Å². The molecule has 1 N–H and O–H groups in total. The molecule has 0 bridgehead atoms. The van der Waals surface area contributed by atoms with Gasteiger partial charge in [-0.3, -0.25) is 9.78 Å². The number of nitrogens with zero attached hydrogens (tertiary/aromatic N) is 1. The Labute approximate surface area is 169 Å². The minimum Gasteiger partial charge on any atom is -0.496 e. The van der Waals surface area contributed by atoms with E-state index in [1.165, 1.54) is 0 Å². The highest BCUT2D eigenvalue weighted by Crippen LogP contribution is 2.34. The topological polar surface area (TPSA) is 51.2 Å². The SMILES string of the molecule is C=C(Sc1cccnc1C)c1cccc(NC(=O)c2ccc(C)cc2OC)c1. The first-order valence-corrected chi connectivity index (χ1v) is 9.64. The van der Waals surface area contributed by atoms with E-state index < -0.39 is 0 Å². The number of methoxy groups -OCH3 is 1. The molecule has 4 nitrogen and oxygen atoms in total. The van der Waals surface area contributed by atoms with Crippen molar-refractivity contribution in [2.24, 2.45) is 0 Å². The molecule has 0 aliphatic heterocycles. The van der Waals surface area contributed by atoms with Crippen LogP contribution in [0.1, 0.15) is 27.2 Å². The van der Waals surface area contributed by atoms with E-state index in [0.29, 0.717) is 17.0 Å². The minimum atomic E-state index is -0.213. The van der Waals surface area contributed by atoms with Gasteiger partial charge in [-0.1, -0.05) is 36.5 Å². The fraction of sp³-hybridized carbons (Fsp3) is 0.130. The molecule has 0 spiro atoms. The van der Waals surface area contributed by atoms with E-state index in [4.69, 9.17) is 4.74 Å².